The van der Waals surface area contributed by atoms with E-state index in [1.807, 2.05) is 12.1 Å². The zero-order valence-corrected chi connectivity index (χ0v) is 17.9. The van der Waals surface area contributed by atoms with Crippen molar-refractivity contribution in [3.63, 3.8) is 0 Å². The van der Waals surface area contributed by atoms with E-state index in [2.05, 4.69) is 25.8 Å². The average molecular weight is 486 g/mol. The molecule has 30 heavy (non-hydrogen) atoms. The molecule has 2 heterocycles. The van der Waals surface area contributed by atoms with Crippen LogP contribution in [0.4, 0.5) is 23.2 Å². The molecule has 3 aromatic rings. The van der Waals surface area contributed by atoms with Gasteiger partial charge in [-0.1, -0.05) is 12.1 Å². The molecule has 1 aromatic heterocycles. The molecule has 0 spiro atoms. The second-order valence-electron chi connectivity index (χ2n) is 7.23. The summed E-state index contributed by atoms with van der Waals surface area (Å²) >= 11 is 3.52. The molecular weight excluding hydrogens is 466 g/mol. The van der Waals surface area contributed by atoms with Crippen molar-refractivity contribution in [3.8, 4) is 0 Å². The van der Waals surface area contributed by atoms with Crippen LogP contribution >= 0.6 is 15.9 Å². The van der Waals surface area contributed by atoms with E-state index in [1.54, 1.807) is 10.6 Å². The lowest BCUT2D eigenvalue weighted by atomic mass is 10.0. The number of rotatable bonds is 4. The van der Waals surface area contributed by atoms with Gasteiger partial charge < -0.3 is 14.2 Å². The third kappa shape index (κ3) is 3.92. The number of hydrogen-bond acceptors (Lipinski definition) is 3. The van der Waals surface area contributed by atoms with Gasteiger partial charge in [0.15, 0.2) is 0 Å². The van der Waals surface area contributed by atoms with Gasteiger partial charge in [-0.25, -0.2) is 9.37 Å². The minimum atomic E-state index is -4.44. The number of alkyl halides is 4. The number of benzene rings is 2. The summed E-state index contributed by atoms with van der Waals surface area (Å²) in [4.78, 5) is 6.55. The molecule has 2 aromatic carbocycles. The summed E-state index contributed by atoms with van der Waals surface area (Å²) in [5, 5.41) is 0. The Bertz CT molecular complexity index is 1070. The van der Waals surface area contributed by atoms with E-state index in [0.29, 0.717) is 29.8 Å². The predicted octanol–water partition coefficient (Wildman–Crippen LogP) is 5.48. The van der Waals surface area contributed by atoms with Gasteiger partial charge in [-0.15, -0.1) is 0 Å². The number of ether oxygens (including phenoxy) is 1. The van der Waals surface area contributed by atoms with Crippen LogP contribution in [0.2, 0.25) is 0 Å². The van der Waals surface area contributed by atoms with Crippen LogP contribution in [0, 0.1) is 6.92 Å². The number of nitrogens with zero attached hydrogens (tertiary/aromatic N) is 3. The van der Waals surface area contributed by atoms with Crippen molar-refractivity contribution in [2.75, 3.05) is 31.2 Å². The normalized spacial score (nSPS) is 15.2. The summed E-state index contributed by atoms with van der Waals surface area (Å²) in [5.74, 6) is 0.182. The van der Waals surface area contributed by atoms with E-state index in [9.17, 15) is 17.6 Å². The molecule has 4 rings (SSSR count). The highest BCUT2D eigenvalue weighted by atomic mass is 79.9. The van der Waals surface area contributed by atoms with Gasteiger partial charge in [0.05, 0.1) is 24.3 Å². The molecule has 0 N–H and O–H groups in total. The monoisotopic (exact) mass is 485 g/mol. The fraction of sp³-hybridized carbons (Fsp3) is 0.381. The summed E-state index contributed by atoms with van der Waals surface area (Å²) in [5.41, 5.74) is 2.14. The molecule has 1 saturated heterocycles. The maximum absolute atomic E-state index is 13.8. The molecule has 0 unspecified atom stereocenters. The largest absolute Gasteiger partial charge is 0.416 e. The van der Waals surface area contributed by atoms with Crippen molar-refractivity contribution in [1.82, 2.24) is 9.55 Å². The fourth-order valence-corrected chi connectivity index (χ4v) is 4.36. The Labute approximate surface area is 179 Å². The molecular formula is C21H20BrF4N3O. The summed E-state index contributed by atoms with van der Waals surface area (Å²) < 4.78 is 61.5. The van der Waals surface area contributed by atoms with Crippen molar-refractivity contribution >= 4 is 32.7 Å². The number of hydrogen-bond donors (Lipinski definition) is 0. The van der Waals surface area contributed by atoms with Crippen molar-refractivity contribution in [2.45, 2.75) is 26.3 Å². The number of anilines is 1. The lowest BCUT2D eigenvalue weighted by molar-refractivity contribution is -0.138. The third-order valence-electron chi connectivity index (χ3n) is 5.45. The predicted molar refractivity (Wildman–Crippen MR) is 111 cm³/mol. The van der Waals surface area contributed by atoms with Crippen LogP contribution in [0.25, 0.3) is 11.0 Å². The highest BCUT2D eigenvalue weighted by Crippen LogP contribution is 2.35. The Hall–Kier alpha value is -2.13. The molecule has 0 aliphatic carbocycles. The van der Waals surface area contributed by atoms with Gasteiger partial charge in [0, 0.05) is 29.8 Å². The van der Waals surface area contributed by atoms with Crippen LogP contribution in [-0.2, 0) is 24.1 Å². The fourth-order valence-electron chi connectivity index (χ4n) is 3.83. The van der Waals surface area contributed by atoms with Crippen LogP contribution in [-0.4, -0.2) is 35.9 Å². The highest BCUT2D eigenvalue weighted by molar-refractivity contribution is 9.10. The second kappa shape index (κ2) is 8.19. The topological polar surface area (TPSA) is 30.3 Å². The van der Waals surface area contributed by atoms with Crippen molar-refractivity contribution in [2.24, 2.45) is 0 Å². The molecule has 0 amide bonds. The van der Waals surface area contributed by atoms with Crippen molar-refractivity contribution < 1.29 is 22.3 Å². The van der Waals surface area contributed by atoms with E-state index in [-0.39, 0.29) is 17.9 Å². The Balaban J connectivity index is 1.81. The molecule has 9 heteroatoms. The molecule has 0 radical (unpaired) electrons. The Morgan fingerprint density at radius 1 is 1.17 bits per heavy atom. The molecule has 4 nitrogen and oxygen atoms in total. The first-order valence-electron chi connectivity index (χ1n) is 9.52. The van der Waals surface area contributed by atoms with Crippen LogP contribution in [0.1, 0.15) is 22.5 Å². The van der Waals surface area contributed by atoms with E-state index in [0.717, 1.165) is 29.3 Å². The van der Waals surface area contributed by atoms with E-state index >= 15 is 0 Å². The van der Waals surface area contributed by atoms with Crippen LogP contribution in [0.5, 0.6) is 0 Å². The van der Waals surface area contributed by atoms with E-state index < -0.39 is 18.4 Å². The van der Waals surface area contributed by atoms with Gasteiger partial charge in [0.2, 0.25) is 0 Å². The molecule has 0 atom stereocenters. The highest BCUT2D eigenvalue weighted by Gasteiger charge is 2.33. The van der Waals surface area contributed by atoms with Gasteiger partial charge in [0.25, 0.3) is 0 Å². The SMILES string of the molecule is Cc1c(Cn2c(CF)nc3c(Br)cc(N4CCOCC4)cc32)cccc1C(F)(F)F. The summed E-state index contributed by atoms with van der Waals surface area (Å²) in [6.45, 7) is 3.43. The Kier molecular flexibility index (Phi) is 5.76. The van der Waals surface area contributed by atoms with Crippen molar-refractivity contribution in [1.29, 1.82) is 0 Å². The second-order valence-corrected chi connectivity index (χ2v) is 8.08. The maximum atomic E-state index is 13.8. The minimum Gasteiger partial charge on any atom is -0.378 e. The Morgan fingerprint density at radius 3 is 2.57 bits per heavy atom. The quantitative estimate of drug-likeness (QED) is 0.458. The summed E-state index contributed by atoms with van der Waals surface area (Å²) in [7, 11) is 0. The first kappa shape index (κ1) is 21.1. The van der Waals surface area contributed by atoms with E-state index in [4.69, 9.17) is 4.74 Å². The molecule has 160 valence electrons. The minimum absolute atomic E-state index is 0.102. The van der Waals surface area contributed by atoms with Crippen LogP contribution < -0.4 is 4.90 Å². The third-order valence-corrected chi connectivity index (χ3v) is 6.05. The molecule has 0 saturated carbocycles. The van der Waals surface area contributed by atoms with Crippen LogP contribution in [0.3, 0.4) is 0 Å². The van der Waals surface area contributed by atoms with Gasteiger partial charge in [-0.3, -0.25) is 0 Å². The van der Waals surface area contributed by atoms with E-state index in [1.165, 1.54) is 13.0 Å². The first-order chi connectivity index (χ1) is 14.3. The average Bonchev–Trinajstić information content (AvgIpc) is 3.07. The molecule has 1 aliphatic rings. The standard InChI is InChI=1S/C21H20BrF4N3O/c1-13-14(3-2-4-16(13)21(24,25)26)12-29-18-10-15(28-5-7-30-8-6-28)9-17(22)20(18)27-19(29)11-23/h2-4,9-10H,5-8,11-12H2,1H3. The zero-order chi connectivity index (χ0) is 21.5. The number of morpholine rings is 1. The maximum Gasteiger partial charge on any atom is 0.416 e. The van der Waals surface area contributed by atoms with Gasteiger partial charge in [-0.2, -0.15) is 13.2 Å². The Morgan fingerprint density at radius 2 is 1.90 bits per heavy atom. The number of fused-ring (bicyclic) bond motifs is 1. The number of imidazole rings is 1. The van der Waals surface area contributed by atoms with Crippen molar-refractivity contribution in [3.05, 3.63) is 57.3 Å². The lowest BCUT2D eigenvalue weighted by Gasteiger charge is -2.29. The summed E-state index contributed by atoms with van der Waals surface area (Å²) in [6, 6.07) is 7.94. The zero-order valence-electron chi connectivity index (χ0n) is 16.3. The smallest absolute Gasteiger partial charge is 0.378 e. The summed E-state index contributed by atoms with van der Waals surface area (Å²) in [6.07, 6.45) is -4.44. The van der Waals surface area contributed by atoms with Gasteiger partial charge >= 0.3 is 6.18 Å². The number of aromatic nitrogens is 2. The molecule has 1 aliphatic heterocycles. The van der Waals surface area contributed by atoms with Gasteiger partial charge in [0.1, 0.15) is 18.0 Å². The molecule has 1 fully saturated rings. The number of halogens is 5. The van der Waals surface area contributed by atoms with Crippen LogP contribution in [0.15, 0.2) is 34.8 Å². The lowest BCUT2D eigenvalue weighted by Crippen LogP contribution is -2.36. The molecule has 0 bridgehead atoms. The van der Waals surface area contributed by atoms with Gasteiger partial charge in [-0.05, 0) is 52.2 Å². The first-order valence-corrected chi connectivity index (χ1v) is 10.3.